The maximum atomic E-state index is 12.9. The Kier molecular flexibility index (Phi) is 7.11. The van der Waals surface area contributed by atoms with Gasteiger partial charge in [0.1, 0.15) is 11.3 Å². The van der Waals surface area contributed by atoms with Crippen molar-refractivity contribution in [2.24, 2.45) is 0 Å². The molecule has 0 aliphatic rings. The van der Waals surface area contributed by atoms with Crippen molar-refractivity contribution in [1.29, 1.82) is 0 Å². The highest BCUT2D eigenvalue weighted by atomic mass is 16.5. The van der Waals surface area contributed by atoms with E-state index in [1.807, 2.05) is 6.92 Å². The number of amides is 1. The summed E-state index contributed by atoms with van der Waals surface area (Å²) in [7, 11) is 1.26. The molecule has 0 spiro atoms. The quantitative estimate of drug-likeness (QED) is 0.434. The van der Waals surface area contributed by atoms with Crippen LogP contribution in [0.1, 0.15) is 53.0 Å². The first-order valence-electron chi connectivity index (χ1n) is 8.74. The fourth-order valence-electron chi connectivity index (χ4n) is 2.52. The van der Waals surface area contributed by atoms with Gasteiger partial charge >= 0.3 is 5.97 Å². The van der Waals surface area contributed by atoms with E-state index in [2.05, 4.69) is 5.32 Å². The number of anilines is 1. The van der Waals surface area contributed by atoms with Crippen molar-refractivity contribution < 1.29 is 23.9 Å². The molecule has 0 atom stereocenters. The van der Waals surface area contributed by atoms with E-state index in [-0.39, 0.29) is 34.3 Å². The highest BCUT2D eigenvalue weighted by Gasteiger charge is 2.22. The minimum atomic E-state index is -0.613. The molecule has 0 aliphatic heterocycles. The zero-order valence-electron chi connectivity index (χ0n) is 15.7. The standard InChI is InChI=1S/C21H23NO5/c1-4-5-11-27-19-13-18(22-14(2)23)16(12-17(19)21(25)26-3)20(24)15-9-7-6-8-10-15/h6-10,12-13H,4-5,11H2,1-3H3,(H,22,23). The van der Waals surface area contributed by atoms with E-state index < -0.39 is 5.97 Å². The number of hydrogen-bond acceptors (Lipinski definition) is 5. The first-order chi connectivity index (χ1) is 13.0. The Labute approximate surface area is 158 Å². The number of nitrogens with one attached hydrogen (secondary N) is 1. The number of methoxy groups -OCH3 is 1. The molecule has 2 rings (SSSR count). The molecule has 1 amide bonds. The number of carbonyl (C=O) groups is 3. The van der Waals surface area contributed by atoms with Crippen LogP contribution in [-0.4, -0.2) is 31.4 Å². The number of ketones is 1. The van der Waals surface area contributed by atoms with Crippen molar-refractivity contribution >= 4 is 23.3 Å². The van der Waals surface area contributed by atoms with Crippen LogP contribution in [0, 0.1) is 0 Å². The molecule has 0 saturated carbocycles. The number of hydrogen-bond donors (Lipinski definition) is 1. The number of esters is 1. The zero-order chi connectivity index (χ0) is 19.8. The summed E-state index contributed by atoms with van der Waals surface area (Å²) in [5.41, 5.74) is 1.07. The molecule has 0 bridgehead atoms. The Balaban J connectivity index is 2.57. The van der Waals surface area contributed by atoms with Crippen molar-refractivity contribution in [3.05, 3.63) is 59.2 Å². The van der Waals surface area contributed by atoms with Gasteiger partial charge in [0, 0.05) is 24.1 Å². The predicted octanol–water partition coefficient (Wildman–Crippen LogP) is 3.84. The Morgan fingerprint density at radius 2 is 1.74 bits per heavy atom. The van der Waals surface area contributed by atoms with Gasteiger partial charge in [-0.3, -0.25) is 9.59 Å². The SMILES string of the molecule is CCCCOc1cc(NC(C)=O)c(C(=O)c2ccccc2)cc1C(=O)OC. The van der Waals surface area contributed by atoms with Crippen molar-refractivity contribution in [2.75, 3.05) is 19.0 Å². The Bertz CT molecular complexity index is 830. The molecule has 6 heteroatoms. The molecule has 0 aromatic heterocycles. The monoisotopic (exact) mass is 369 g/mol. The van der Waals surface area contributed by atoms with Crippen LogP contribution in [0.2, 0.25) is 0 Å². The Hall–Kier alpha value is -3.15. The molecule has 6 nitrogen and oxygen atoms in total. The minimum Gasteiger partial charge on any atom is -0.493 e. The van der Waals surface area contributed by atoms with Gasteiger partial charge in [0.05, 0.1) is 19.4 Å². The van der Waals surface area contributed by atoms with Gasteiger partial charge in [-0.1, -0.05) is 43.7 Å². The molecule has 0 aliphatic carbocycles. The maximum Gasteiger partial charge on any atom is 0.341 e. The molecule has 0 fully saturated rings. The van der Waals surface area contributed by atoms with Crippen LogP contribution in [-0.2, 0) is 9.53 Å². The van der Waals surface area contributed by atoms with Crippen LogP contribution in [0.5, 0.6) is 5.75 Å². The lowest BCUT2D eigenvalue weighted by molar-refractivity contribution is -0.114. The lowest BCUT2D eigenvalue weighted by atomic mass is 9.98. The van der Waals surface area contributed by atoms with Crippen LogP contribution in [0.25, 0.3) is 0 Å². The van der Waals surface area contributed by atoms with Crippen LogP contribution < -0.4 is 10.1 Å². The van der Waals surface area contributed by atoms with E-state index in [0.717, 1.165) is 12.8 Å². The smallest absolute Gasteiger partial charge is 0.341 e. The van der Waals surface area contributed by atoms with Gasteiger partial charge in [0.2, 0.25) is 5.91 Å². The molecule has 0 saturated heterocycles. The third-order valence-electron chi connectivity index (χ3n) is 3.87. The third-order valence-corrected chi connectivity index (χ3v) is 3.87. The summed E-state index contributed by atoms with van der Waals surface area (Å²) in [6, 6.07) is 11.5. The molecule has 27 heavy (non-hydrogen) atoms. The maximum absolute atomic E-state index is 12.9. The van der Waals surface area contributed by atoms with Crippen molar-refractivity contribution in [1.82, 2.24) is 0 Å². The second-order valence-electron chi connectivity index (χ2n) is 5.96. The van der Waals surface area contributed by atoms with Gasteiger partial charge in [-0.15, -0.1) is 0 Å². The second-order valence-corrected chi connectivity index (χ2v) is 5.96. The lowest BCUT2D eigenvalue weighted by Crippen LogP contribution is -2.15. The Morgan fingerprint density at radius 1 is 1.04 bits per heavy atom. The van der Waals surface area contributed by atoms with Crippen molar-refractivity contribution in [3.63, 3.8) is 0 Å². The van der Waals surface area contributed by atoms with Crippen LogP contribution in [0.15, 0.2) is 42.5 Å². The number of rotatable bonds is 8. The van der Waals surface area contributed by atoms with E-state index in [0.29, 0.717) is 12.2 Å². The minimum absolute atomic E-state index is 0.141. The van der Waals surface area contributed by atoms with E-state index in [1.54, 1.807) is 30.3 Å². The largest absolute Gasteiger partial charge is 0.493 e. The van der Waals surface area contributed by atoms with E-state index in [4.69, 9.17) is 9.47 Å². The van der Waals surface area contributed by atoms with Crippen LogP contribution >= 0.6 is 0 Å². The Morgan fingerprint density at radius 3 is 2.33 bits per heavy atom. The average Bonchev–Trinajstić information content (AvgIpc) is 2.67. The summed E-state index contributed by atoms with van der Waals surface area (Å²) in [4.78, 5) is 36.8. The fraction of sp³-hybridized carbons (Fsp3) is 0.286. The van der Waals surface area contributed by atoms with Crippen molar-refractivity contribution in [2.45, 2.75) is 26.7 Å². The predicted molar refractivity (Wildman–Crippen MR) is 102 cm³/mol. The van der Waals surface area contributed by atoms with E-state index in [1.165, 1.54) is 26.2 Å². The summed E-state index contributed by atoms with van der Waals surface area (Å²) in [6.45, 7) is 3.78. The van der Waals surface area contributed by atoms with E-state index >= 15 is 0 Å². The second kappa shape index (κ2) is 9.52. The molecule has 142 valence electrons. The highest BCUT2D eigenvalue weighted by molar-refractivity contribution is 6.15. The highest BCUT2D eigenvalue weighted by Crippen LogP contribution is 2.30. The van der Waals surface area contributed by atoms with Gasteiger partial charge in [-0.2, -0.15) is 0 Å². The number of unbranched alkanes of at least 4 members (excludes halogenated alkanes) is 1. The molecule has 0 unspecified atom stereocenters. The topological polar surface area (TPSA) is 81.7 Å². The van der Waals surface area contributed by atoms with Gasteiger partial charge in [0.15, 0.2) is 5.78 Å². The first-order valence-corrected chi connectivity index (χ1v) is 8.74. The van der Waals surface area contributed by atoms with Gasteiger partial charge in [0.25, 0.3) is 0 Å². The van der Waals surface area contributed by atoms with Gasteiger partial charge in [-0.05, 0) is 12.5 Å². The summed E-state index contributed by atoms with van der Waals surface area (Å²) < 4.78 is 10.5. The summed E-state index contributed by atoms with van der Waals surface area (Å²) >= 11 is 0. The molecular weight excluding hydrogens is 346 g/mol. The lowest BCUT2D eigenvalue weighted by Gasteiger charge is -2.16. The molecule has 0 heterocycles. The number of benzene rings is 2. The van der Waals surface area contributed by atoms with Crippen LogP contribution in [0.3, 0.4) is 0 Å². The molecule has 1 N–H and O–H groups in total. The van der Waals surface area contributed by atoms with E-state index in [9.17, 15) is 14.4 Å². The average molecular weight is 369 g/mol. The fourth-order valence-corrected chi connectivity index (χ4v) is 2.52. The van der Waals surface area contributed by atoms with Crippen molar-refractivity contribution in [3.8, 4) is 5.75 Å². The third kappa shape index (κ3) is 5.17. The summed E-state index contributed by atoms with van der Waals surface area (Å²) in [5.74, 6) is -0.992. The van der Waals surface area contributed by atoms with Gasteiger partial charge < -0.3 is 14.8 Å². The molecular formula is C21H23NO5. The summed E-state index contributed by atoms with van der Waals surface area (Å²) in [5, 5.41) is 2.65. The zero-order valence-corrected chi connectivity index (χ0v) is 15.7. The number of carbonyl (C=O) groups excluding carboxylic acids is 3. The molecule has 2 aromatic carbocycles. The van der Waals surface area contributed by atoms with Crippen LogP contribution in [0.4, 0.5) is 5.69 Å². The summed E-state index contributed by atoms with van der Waals surface area (Å²) in [6.07, 6.45) is 1.73. The first kappa shape index (κ1) is 20.2. The molecule has 2 aromatic rings. The normalized spacial score (nSPS) is 10.2. The number of ether oxygens (including phenoxy) is 2. The van der Waals surface area contributed by atoms with Gasteiger partial charge in [-0.25, -0.2) is 4.79 Å². The molecule has 0 radical (unpaired) electrons.